The predicted octanol–water partition coefficient (Wildman–Crippen LogP) is 1.18. The fraction of sp³-hybridized carbons (Fsp3) is 1.00. The van der Waals surface area contributed by atoms with Gasteiger partial charge < -0.3 is 10.5 Å². The average molecular weight is 232 g/mol. The molecule has 1 unspecified atom stereocenters. The summed E-state index contributed by atoms with van der Waals surface area (Å²) in [7, 11) is 2.21. The van der Waals surface area contributed by atoms with E-state index < -0.39 is 0 Å². The van der Waals surface area contributed by atoms with Crippen molar-refractivity contribution < 1.29 is 4.74 Å². The summed E-state index contributed by atoms with van der Waals surface area (Å²) in [4.78, 5) is 2.46. The number of nitrogens with zero attached hydrogens (tertiary/aromatic N) is 1. The van der Waals surface area contributed by atoms with Crippen molar-refractivity contribution in [2.24, 2.45) is 5.73 Å². The van der Waals surface area contributed by atoms with Crippen molar-refractivity contribution in [3.63, 3.8) is 0 Å². The van der Waals surface area contributed by atoms with Gasteiger partial charge in [-0.05, 0) is 33.1 Å². The summed E-state index contributed by atoms with van der Waals surface area (Å²) in [5.41, 5.74) is 6.14. The summed E-state index contributed by atoms with van der Waals surface area (Å²) in [6.07, 6.45) is 4.29. The summed E-state index contributed by atoms with van der Waals surface area (Å²) in [5, 5.41) is 0. The van der Waals surface area contributed by atoms with Crippen LogP contribution in [0.2, 0.25) is 0 Å². The van der Waals surface area contributed by atoms with E-state index in [9.17, 15) is 0 Å². The van der Waals surface area contributed by atoms with Gasteiger partial charge in [-0.15, -0.1) is 0 Å². The fourth-order valence-corrected chi connectivity index (χ4v) is 2.98. The molecule has 0 bridgehead atoms. The predicted molar refractivity (Wildman–Crippen MR) is 67.4 cm³/mol. The van der Waals surface area contributed by atoms with Crippen LogP contribution in [0, 0.1) is 0 Å². The van der Waals surface area contributed by atoms with Crippen LogP contribution in [0.25, 0.3) is 0 Å². The molecule has 1 atom stereocenters. The summed E-state index contributed by atoms with van der Waals surface area (Å²) in [6, 6.07) is 0.585. The molecule has 1 fully saturated rings. The highest BCUT2D eigenvalue weighted by molar-refractivity contribution is 7.98. The molecule has 1 aliphatic heterocycles. The monoisotopic (exact) mass is 232 g/mol. The molecule has 0 aromatic carbocycles. The number of ether oxygens (including phenoxy) is 1. The number of rotatable bonds is 5. The minimum atomic E-state index is 0.174. The van der Waals surface area contributed by atoms with Crippen LogP contribution >= 0.6 is 11.8 Å². The van der Waals surface area contributed by atoms with Crippen LogP contribution in [-0.4, -0.2) is 55.3 Å². The van der Waals surface area contributed by atoms with Gasteiger partial charge in [0.05, 0.1) is 0 Å². The Morgan fingerprint density at radius 2 is 2.07 bits per heavy atom. The fourth-order valence-electron chi connectivity index (χ4n) is 2.27. The lowest BCUT2D eigenvalue weighted by molar-refractivity contribution is -0.0240. The highest BCUT2D eigenvalue weighted by Gasteiger charge is 2.37. The number of hydrogen-bond acceptors (Lipinski definition) is 4. The van der Waals surface area contributed by atoms with Gasteiger partial charge in [-0.1, -0.05) is 0 Å². The molecular weight excluding hydrogens is 208 g/mol. The van der Waals surface area contributed by atoms with E-state index in [2.05, 4.69) is 25.1 Å². The van der Waals surface area contributed by atoms with Crippen LogP contribution in [-0.2, 0) is 4.74 Å². The van der Waals surface area contributed by atoms with Gasteiger partial charge in [0.1, 0.15) is 0 Å². The number of likely N-dealkylation sites (N-methyl/N-ethyl adjacent to an activating group) is 1. The van der Waals surface area contributed by atoms with E-state index >= 15 is 0 Å². The second kappa shape index (κ2) is 6.09. The zero-order valence-corrected chi connectivity index (χ0v) is 11.0. The Bertz CT molecular complexity index is 183. The van der Waals surface area contributed by atoms with Gasteiger partial charge in [-0.2, -0.15) is 11.8 Å². The molecule has 2 N–H and O–H groups in total. The molecule has 1 heterocycles. The van der Waals surface area contributed by atoms with Crippen LogP contribution in [0.1, 0.15) is 19.8 Å². The van der Waals surface area contributed by atoms with Crippen molar-refractivity contribution >= 4 is 11.8 Å². The molecule has 3 nitrogen and oxygen atoms in total. The normalized spacial score (nSPS) is 23.0. The third kappa shape index (κ3) is 3.09. The van der Waals surface area contributed by atoms with Crippen LogP contribution in [0.15, 0.2) is 0 Å². The van der Waals surface area contributed by atoms with Gasteiger partial charge in [0.15, 0.2) is 0 Å². The standard InChI is InChI=1S/C11H24N2OS/c1-10(8-15-3)13(2)11(9-12)4-6-14-7-5-11/h10H,4-9,12H2,1-3H3. The molecule has 1 rings (SSSR count). The first-order valence-corrected chi connectivity index (χ1v) is 7.05. The van der Waals surface area contributed by atoms with E-state index in [1.165, 1.54) is 5.75 Å². The minimum absolute atomic E-state index is 0.174. The van der Waals surface area contributed by atoms with E-state index in [-0.39, 0.29) is 5.54 Å². The van der Waals surface area contributed by atoms with Crippen molar-refractivity contribution in [3.8, 4) is 0 Å². The Hall–Kier alpha value is 0.230. The van der Waals surface area contributed by atoms with Crippen molar-refractivity contribution in [2.45, 2.75) is 31.3 Å². The molecule has 0 aromatic heterocycles. The summed E-state index contributed by atoms with van der Waals surface area (Å²) >= 11 is 1.90. The largest absolute Gasteiger partial charge is 0.381 e. The van der Waals surface area contributed by atoms with E-state index in [1.54, 1.807) is 0 Å². The Kier molecular flexibility index (Phi) is 5.39. The van der Waals surface area contributed by atoms with E-state index in [0.717, 1.165) is 32.6 Å². The zero-order valence-electron chi connectivity index (χ0n) is 10.2. The molecule has 4 heteroatoms. The molecule has 1 saturated heterocycles. The first kappa shape index (κ1) is 13.3. The third-order valence-electron chi connectivity index (χ3n) is 3.62. The lowest BCUT2D eigenvalue weighted by Crippen LogP contribution is -2.58. The summed E-state index contributed by atoms with van der Waals surface area (Å²) in [6.45, 7) is 4.73. The number of nitrogens with two attached hydrogens (primary N) is 1. The maximum atomic E-state index is 5.97. The second-order valence-corrected chi connectivity index (χ2v) is 5.37. The van der Waals surface area contributed by atoms with Gasteiger partial charge in [-0.25, -0.2) is 0 Å². The highest BCUT2D eigenvalue weighted by atomic mass is 32.2. The zero-order chi connectivity index (χ0) is 11.3. The van der Waals surface area contributed by atoms with E-state index in [4.69, 9.17) is 10.5 Å². The number of hydrogen-bond donors (Lipinski definition) is 1. The molecule has 0 saturated carbocycles. The van der Waals surface area contributed by atoms with Gasteiger partial charge in [0.2, 0.25) is 0 Å². The first-order chi connectivity index (χ1) is 7.16. The maximum Gasteiger partial charge on any atom is 0.0484 e. The SMILES string of the molecule is CSCC(C)N(C)C1(CN)CCOCC1. The Morgan fingerprint density at radius 1 is 1.47 bits per heavy atom. The van der Waals surface area contributed by atoms with Crippen molar-refractivity contribution in [3.05, 3.63) is 0 Å². The lowest BCUT2D eigenvalue weighted by atomic mass is 9.87. The van der Waals surface area contributed by atoms with E-state index in [0.29, 0.717) is 6.04 Å². The average Bonchev–Trinajstić information content (AvgIpc) is 2.29. The lowest BCUT2D eigenvalue weighted by Gasteiger charge is -2.46. The Morgan fingerprint density at radius 3 is 2.53 bits per heavy atom. The molecule has 0 aromatic rings. The molecule has 0 spiro atoms. The molecular formula is C11H24N2OS. The van der Waals surface area contributed by atoms with Crippen molar-refractivity contribution in [1.82, 2.24) is 4.90 Å². The molecule has 90 valence electrons. The molecule has 1 aliphatic rings. The third-order valence-corrected chi connectivity index (χ3v) is 4.44. The van der Waals surface area contributed by atoms with Crippen molar-refractivity contribution in [2.75, 3.05) is 38.8 Å². The van der Waals surface area contributed by atoms with Crippen molar-refractivity contribution in [1.29, 1.82) is 0 Å². The minimum Gasteiger partial charge on any atom is -0.381 e. The molecule has 0 aliphatic carbocycles. The molecule has 0 amide bonds. The molecule has 0 radical (unpaired) electrons. The maximum absolute atomic E-state index is 5.97. The smallest absolute Gasteiger partial charge is 0.0484 e. The summed E-state index contributed by atoms with van der Waals surface area (Å²) < 4.78 is 5.43. The van der Waals surface area contributed by atoms with Gasteiger partial charge in [0, 0.05) is 37.1 Å². The van der Waals surface area contributed by atoms with Gasteiger partial charge >= 0.3 is 0 Å². The highest BCUT2D eigenvalue weighted by Crippen LogP contribution is 2.28. The topological polar surface area (TPSA) is 38.5 Å². The Labute approximate surface area is 97.7 Å². The van der Waals surface area contributed by atoms with Crippen LogP contribution in [0.5, 0.6) is 0 Å². The van der Waals surface area contributed by atoms with Gasteiger partial charge in [-0.3, -0.25) is 4.90 Å². The quantitative estimate of drug-likeness (QED) is 0.772. The second-order valence-electron chi connectivity index (χ2n) is 4.46. The summed E-state index contributed by atoms with van der Waals surface area (Å²) in [5.74, 6) is 1.17. The Balaban J connectivity index is 2.62. The van der Waals surface area contributed by atoms with Gasteiger partial charge in [0.25, 0.3) is 0 Å². The van der Waals surface area contributed by atoms with Crippen LogP contribution in [0.4, 0.5) is 0 Å². The van der Waals surface area contributed by atoms with Crippen LogP contribution in [0.3, 0.4) is 0 Å². The van der Waals surface area contributed by atoms with E-state index in [1.807, 2.05) is 11.8 Å². The molecule has 15 heavy (non-hydrogen) atoms. The van der Waals surface area contributed by atoms with Crippen LogP contribution < -0.4 is 5.73 Å². The number of thioether (sulfide) groups is 1. The first-order valence-electron chi connectivity index (χ1n) is 5.66.